The monoisotopic (exact) mass is 585 g/mol. The normalized spacial score (nSPS) is 11.4. The second kappa shape index (κ2) is 18.5. The van der Waals surface area contributed by atoms with Crippen LogP contribution in [0.1, 0.15) is 81.0 Å². The average molecular weight is 586 g/mol. The molecule has 0 spiro atoms. The zero-order chi connectivity index (χ0) is 30.9. The van der Waals surface area contributed by atoms with Gasteiger partial charge in [-0.1, -0.05) is 106 Å². The molecule has 3 rings (SSSR count). The Kier molecular flexibility index (Phi) is 14.4. The van der Waals surface area contributed by atoms with E-state index in [4.69, 9.17) is 14.2 Å². The van der Waals surface area contributed by atoms with Crippen molar-refractivity contribution in [2.75, 3.05) is 18.5 Å². The van der Waals surface area contributed by atoms with Crippen LogP contribution in [0.5, 0.6) is 5.75 Å². The highest BCUT2D eigenvalue weighted by Gasteiger charge is 2.19. The van der Waals surface area contributed by atoms with E-state index in [0.717, 1.165) is 18.4 Å². The lowest BCUT2D eigenvalue weighted by Crippen LogP contribution is -2.32. The Morgan fingerprint density at radius 2 is 1.35 bits per heavy atom. The lowest BCUT2D eigenvalue weighted by Gasteiger charge is -2.19. The quantitative estimate of drug-likeness (QED) is 0.0916. The molecule has 6 heteroatoms. The molecule has 0 saturated heterocycles. The number of benzene rings is 3. The summed E-state index contributed by atoms with van der Waals surface area (Å²) in [6, 6.07) is 24.0. The van der Waals surface area contributed by atoms with Gasteiger partial charge in [-0.25, -0.2) is 9.59 Å². The van der Waals surface area contributed by atoms with Crippen LogP contribution in [0.25, 0.3) is 0 Å². The zero-order valence-corrected chi connectivity index (χ0v) is 26.0. The standard InChI is InChI=1S/C37H47NO5/c1-5-6-7-8-9-10-11-12-30-19-23-34(24-20-30)41-26-35(27-42-36(39)28(2)3)43-37(40)38-33-21-17-32(18-22-33)25-31-15-13-29(4)14-16-31/h13-24,35H,2,5-12,25-27H2,1,3-4H3,(H,38,40). The third-order valence-corrected chi connectivity index (χ3v) is 7.18. The molecule has 0 radical (unpaired) electrons. The van der Waals surface area contributed by atoms with E-state index in [1.54, 1.807) is 6.92 Å². The summed E-state index contributed by atoms with van der Waals surface area (Å²) < 4.78 is 16.8. The number of carbonyl (C=O) groups is 2. The second-order valence-electron chi connectivity index (χ2n) is 11.2. The van der Waals surface area contributed by atoms with Crippen LogP contribution < -0.4 is 10.1 Å². The van der Waals surface area contributed by atoms with Gasteiger partial charge in [0.25, 0.3) is 0 Å². The fraction of sp³-hybridized carbons (Fsp3) is 0.405. The van der Waals surface area contributed by atoms with Gasteiger partial charge in [0.2, 0.25) is 0 Å². The minimum absolute atomic E-state index is 0.0312. The summed E-state index contributed by atoms with van der Waals surface area (Å²) in [6.45, 7) is 9.37. The van der Waals surface area contributed by atoms with Crippen molar-refractivity contribution in [3.05, 3.63) is 107 Å². The van der Waals surface area contributed by atoms with Gasteiger partial charge < -0.3 is 14.2 Å². The second-order valence-corrected chi connectivity index (χ2v) is 11.2. The first-order chi connectivity index (χ1) is 20.8. The van der Waals surface area contributed by atoms with Crippen molar-refractivity contribution in [1.82, 2.24) is 0 Å². The van der Waals surface area contributed by atoms with E-state index in [9.17, 15) is 9.59 Å². The number of unbranched alkanes of at least 4 members (excludes halogenated alkanes) is 6. The predicted molar refractivity (Wildman–Crippen MR) is 174 cm³/mol. The topological polar surface area (TPSA) is 73.9 Å². The summed E-state index contributed by atoms with van der Waals surface area (Å²) in [5.74, 6) is 0.112. The smallest absolute Gasteiger partial charge is 0.412 e. The lowest BCUT2D eigenvalue weighted by atomic mass is 10.0. The van der Waals surface area contributed by atoms with E-state index < -0.39 is 18.2 Å². The zero-order valence-electron chi connectivity index (χ0n) is 26.0. The van der Waals surface area contributed by atoms with E-state index >= 15 is 0 Å². The molecule has 0 saturated carbocycles. The molecule has 1 N–H and O–H groups in total. The number of hydrogen-bond donors (Lipinski definition) is 1. The minimum atomic E-state index is -0.809. The number of rotatable bonds is 18. The van der Waals surface area contributed by atoms with Gasteiger partial charge >= 0.3 is 12.1 Å². The van der Waals surface area contributed by atoms with Crippen molar-refractivity contribution in [3.63, 3.8) is 0 Å². The molecule has 0 aromatic heterocycles. The Morgan fingerprint density at radius 3 is 1.98 bits per heavy atom. The summed E-state index contributed by atoms with van der Waals surface area (Å²) in [4.78, 5) is 24.7. The van der Waals surface area contributed by atoms with Crippen LogP contribution >= 0.6 is 0 Å². The van der Waals surface area contributed by atoms with E-state index in [1.165, 1.54) is 61.6 Å². The fourth-order valence-electron chi connectivity index (χ4n) is 4.58. The van der Waals surface area contributed by atoms with Crippen molar-refractivity contribution < 1.29 is 23.8 Å². The lowest BCUT2D eigenvalue weighted by molar-refractivity contribution is -0.142. The van der Waals surface area contributed by atoms with E-state index in [1.807, 2.05) is 36.4 Å². The van der Waals surface area contributed by atoms with Gasteiger partial charge in [-0.3, -0.25) is 5.32 Å². The van der Waals surface area contributed by atoms with Crippen molar-refractivity contribution in [3.8, 4) is 5.75 Å². The Bertz CT molecular complexity index is 1270. The number of esters is 1. The summed E-state index contributed by atoms with van der Waals surface area (Å²) >= 11 is 0. The molecule has 0 aliphatic heterocycles. The number of anilines is 1. The van der Waals surface area contributed by atoms with Crippen molar-refractivity contribution in [1.29, 1.82) is 0 Å². The maximum atomic E-state index is 12.7. The van der Waals surface area contributed by atoms with Gasteiger partial charge in [-0.15, -0.1) is 0 Å². The Hall–Kier alpha value is -4.06. The largest absolute Gasteiger partial charge is 0.490 e. The molecule has 0 aliphatic carbocycles. The van der Waals surface area contributed by atoms with Gasteiger partial charge in [-0.05, 0) is 74.1 Å². The first-order valence-corrected chi connectivity index (χ1v) is 15.5. The third kappa shape index (κ3) is 13.2. The first-order valence-electron chi connectivity index (χ1n) is 15.5. The molecule has 3 aromatic carbocycles. The van der Waals surface area contributed by atoms with Crippen LogP contribution in [-0.2, 0) is 27.1 Å². The maximum absolute atomic E-state index is 12.7. The molecule has 0 aliphatic rings. The van der Waals surface area contributed by atoms with Gasteiger partial charge in [0.05, 0.1) is 0 Å². The maximum Gasteiger partial charge on any atom is 0.412 e. The van der Waals surface area contributed by atoms with Crippen molar-refractivity contribution in [2.45, 2.75) is 84.7 Å². The molecule has 6 nitrogen and oxygen atoms in total. The first kappa shape index (κ1) is 33.4. The predicted octanol–water partition coefficient (Wildman–Crippen LogP) is 8.99. The van der Waals surface area contributed by atoms with E-state index in [0.29, 0.717) is 11.4 Å². The van der Waals surface area contributed by atoms with Crippen LogP contribution in [0.4, 0.5) is 10.5 Å². The summed E-state index contributed by atoms with van der Waals surface area (Å²) in [7, 11) is 0. The highest BCUT2D eigenvalue weighted by atomic mass is 16.6. The molecular formula is C37H47NO5. The number of nitrogens with one attached hydrogen (secondary N) is 1. The van der Waals surface area contributed by atoms with Crippen molar-refractivity contribution >= 4 is 17.7 Å². The SMILES string of the molecule is C=C(C)C(=O)OCC(COc1ccc(CCCCCCCCC)cc1)OC(=O)Nc1ccc(Cc2ccc(C)cc2)cc1. The Labute approximate surface area is 257 Å². The molecule has 1 atom stereocenters. The third-order valence-electron chi connectivity index (χ3n) is 7.18. The van der Waals surface area contributed by atoms with Gasteiger partial charge in [0.15, 0.2) is 6.10 Å². The van der Waals surface area contributed by atoms with Crippen LogP contribution in [-0.4, -0.2) is 31.4 Å². The average Bonchev–Trinajstić information content (AvgIpc) is 3.00. The molecule has 0 heterocycles. The summed E-state index contributed by atoms with van der Waals surface area (Å²) in [5.41, 5.74) is 5.73. The molecule has 43 heavy (non-hydrogen) atoms. The minimum Gasteiger partial charge on any atom is -0.490 e. The van der Waals surface area contributed by atoms with Crippen LogP contribution in [0, 0.1) is 6.92 Å². The van der Waals surface area contributed by atoms with Gasteiger partial charge in [0.1, 0.15) is 19.0 Å². The summed E-state index contributed by atoms with van der Waals surface area (Å²) in [5, 5.41) is 2.75. The van der Waals surface area contributed by atoms with Crippen LogP contribution in [0.15, 0.2) is 84.9 Å². The van der Waals surface area contributed by atoms with Gasteiger partial charge in [-0.2, -0.15) is 0 Å². The molecule has 1 unspecified atom stereocenters. The van der Waals surface area contributed by atoms with Crippen molar-refractivity contribution in [2.24, 2.45) is 0 Å². The molecule has 3 aromatic rings. The molecule has 0 fully saturated rings. The number of carbonyl (C=O) groups excluding carboxylic acids is 2. The molecule has 1 amide bonds. The highest BCUT2D eigenvalue weighted by molar-refractivity contribution is 5.87. The number of amides is 1. The molecular weight excluding hydrogens is 538 g/mol. The Morgan fingerprint density at radius 1 is 0.767 bits per heavy atom. The number of aryl methyl sites for hydroxylation is 2. The van der Waals surface area contributed by atoms with E-state index in [2.05, 4.69) is 62.1 Å². The summed E-state index contributed by atoms with van der Waals surface area (Å²) in [6.07, 6.45) is 9.38. The van der Waals surface area contributed by atoms with Crippen LogP contribution in [0.3, 0.4) is 0 Å². The number of ether oxygens (including phenoxy) is 3. The fourth-order valence-corrected chi connectivity index (χ4v) is 4.58. The van der Waals surface area contributed by atoms with Gasteiger partial charge in [0, 0.05) is 11.3 Å². The van der Waals surface area contributed by atoms with Crippen LogP contribution in [0.2, 0.25) is 0 Å². The highest BCUT2D eigenvalue weighted by Crippen LogP contribution is 2.18. The number of hydrogen-bond acceptors (Lipinski definition) is 5. The Balaban J connectivity index is 1.48. The molecule has 230 valence electrons. The van der Waals surface area contributed by atoms with E-state index in [-0.39, 0.29) is 18.8 Å². The molecule has 0 bridgehead atoms.